The quantitative estimate of drug-likeness (QED) is 0.137. The molecule has 0 atom stereocenters. The van der Waals surface area contributed by atoms with Gasteiger partial charge in [0.25, 0.3) is 0 Å². The topological polar surface area (TPSA) is 6.48 Å². The van der Waals surface area contributed by atoms with E-state index in [1.54, 1.807) is 0 Å². The van der Waals surface area contributed by atoms with Crippen LogP contribution >= 0.6 is 0 Å². The zero-order valence-electron chi connectivity index (χ0n) is 33.6. The number of hydrogen-bond acceptors (Lipinski definition) is 2. The van der Waals surface area contributed by atoms with E-state index in [0.717, 1.165) is 28.4 Å². The molecule has 0 fully saturated rings. The Morgan fingerprint density at radius 3 is 1.18 bits per heavy atom. The molecule has 0 aliphatic heterocycles. The summed E-state index contributed by atoms with van der Waals surface area (Å²) in [5.74, 6) is 1.34. The fourth-order valence-corrected chi connectivity index (χ4v) is 7.98. The van der Waals surface area contributed by atoms with Crippen LogP contribution in [0.25, 0.3) is 32.3 Å². The molecule has 0 bridgehead atoms. The highest BCUT2D eigenvalue weighted by atomic mass is 15.1. The van der Waals surface area contributed by atoms with Crippen LogP contribution in [0.5, 0.6) is 0 Å². The van der Waals surface area contributed by atoms with Gasteiger partial charge in [0.15, 0.2) is 0 Å². The fourth-order valence-electron chi connectivity index (χ4n) is 7.98. The van der Waals surface area contributed by atoms with Crippen molar-refractivity contribution in [1.82, 2.24) is 0 Å². The van der Waals surface area contributed by atoms with E-state index in [2.05, 4.69) is 217 Å². The summed E-state index contributed by atoms with van der Waals surface area (Å²) in [5.41, 5.74) is 13.5. The molecule has 2 nitrogen and oxygen atoms in total. The molecule has 0 saturated carbocycles. The predicted molar refractivity (Wildman–Crippen MR) is 240 cm³/mol. The van der Waals surface area contributed by atoms with E-state index < -0.39 is 0 Å². The molecule has 0 spiro atoms. The summed E-state index contributed by atoms with van der Waals surface area (Å²) in [6.07, 6.45) is 0. The minimum Gasteiger partial charge on any atom is -0.310 e. The molecule has 8 aromatic carbocycles. The van der Waals surface area contributed by atoms with E-state index in [1.165, 1.54) is 65.8 Å². The smallest absolute Gasteiger partial charge is 0.0546 e. The lowest BCUT2D eigenvalue weighted by Gasteiger charge is -2.29. The van der Waals surface area contributed by atoms with Crippen LogP contribution < -0.4 is 9.80 Å². The Labute approximate surface area is 327 Å². The summed E-state index contributed by atoms with van der Waals surface area (Å²) in [5, 5.41) is 7.49. The van der Waals surface area contributed by atoms with Crippen LogP contribution in [0.3, 0.4) is 0 Å². The number of aryl methyl sites for hydroxylation is 2. The summed E-state index contributed by atoms with van der Waals surface area (Å²) >= 11 is 0. The molecule has 0 aliphatic carbocycles. The normalized spacial score (nSPS) is 11.8. The third-order valence-corrected chi connectivity index (χ3v) is 11.3. The number of fused-ring (bicyclic) bond motifs is 5. The molecule has 0 amide bonds. The van der Waals surface area contributed by atoms with Crippen molar-refractivity contribution in [1.29, 1.82) is 0 Å². The molecular weight excluding hydrogens is 665 g/mol. The maximum atomic E-state index is 2.47. The van der Waals surface area contributed by atoms with Gasteiger partial charge < -0.3 is 9.80 Å². The van der Waals surface area contributed by atoms with E-state index in [-0.39, 0.29) is 0 Å². The van der Waals surface area contributed by atoms with Gasteiger partial charge in [0.1, 0.15) is 0 Å². The molecule has 0 unspecified atom stereocenters. The number of nitrogens with zero attached hydrogens (tertiary/aromatic N) is 2. The van der Waals surface area contributed by atoms with Crippen molar-refractivity contribution in [2.24, 2.45) is 0 Å². The van der Waals surface area contributed by atoms with Gasteiger partial charge in [0.05, 0.1) is 11.4 Å². The minimum absolute atomic E-state index is 0.410. The van der Waals surface area contributed by atoms with Crippen molar-refractivity contribution >= 4 is 66.4 Å². The zero-order valence-corrected chi connectivity index (χ0v) is 33.6. The van der Waals surface area contributed by atoms with Gasteiger partial charge in [-0.1, -0.05) is 138 Å². The maximum Gasteiger partial charge on any atom is 0.0546 e. The molecule has 2 heteroatoms. The Hall–Kier alpha value is -5.86. The lowest BCUT2D eigenvalue weighted by molar-refractivity contribution is 0.866. The molecule has 0 heterocycles. The van der Waals surface area contributed by atoms with Crippen molar-refractivity contribution < 1.29 is 0 Å². The number of hydrogen-bond donors (Lipinski definition) is 0. The van der Waals surface area contributed by atoms with E-state index >= 15 is 0 Å². The fraction of sp³-hybridized carbons (Fsp3) is 0.208. The van der Waals surface area contributed by atoms with Crippen LogP contribution in [-0.4, -0.2) is 0 Å². The molecular formula is C53H52N2. The van der Waals surface area contributed by atoms with Crippen molar-refractivity contribution in [3.63, 3.8) is 0 Å². The van der Waals surface area contributed by atoms with Gasteiger partial charge in [0.2, 0.25) is 0 Å². The van der Waals surface area contributed by atoms with Crippen molar-refractivity contribution in [3.05, 3.63) is 179 Å². The highest BCUT2D eigenvalue weighted by molar-refractivity contribution is 6.23. The second kappa shape index (κ2) is 14.8. The van der Waals surface area contributed by atoms with E-state index in [1.807, 2.05) is 0 Å². The summed E-state index contributed by atoms with van der Waals surface area (Å²) < 4.78 is 0. The first-order valence-electron chi connectivity index (χ1n) is 19.9. The van der Waals surface area contributed by atoms with Gasteiger partial charge in [-0.2, -0.15) is 0 Å². The van der Waals surface area contributed by atoms with Crippen LogP contribution in [-0.2, 0) is 0 Å². The maximum absolute atomic E-state index is 2.47. The number of anilines is 6. The highest BCUT2D eigenvalue weighted by Crippen LogP contribution is 2.47. The third-order valence-electron chi connectivity index (χ3n) is 11.3. The molecule has 0 N–H and O–H groups in total. The van der Waals surface area contributed by atoms with Crippen LogP contribution in [0.2, 0.25) is 0 Å². The van der Waals surface area contributed by atoms with Gasteiger partial charge in [-0.05, 0) is 137 Å². The monoisotopic (exact) mass is 716 g/mol. The Morgan fingerprint density at radius 2 is 0.691 bits per heavy atom. The molecule has 55 heavy (non-hydrogen) atoms. The average Bonchev–Trinajstić information content (AvgIpc) is 3.19. The highest BCUT2D eigenvalue weighted by Gasteiger charge is 2.21. The molecule has 274 valence electrons. The standard InChI is InChI=1S/C53H52N2/c1-34(2)39-16-25-44(26-17-39)54(42-21-12-37(7)13-22-42)52-11-9-10-46-49(52)31-30-47-48-29-20-41(36(5)6)32-51(48)53(33-50(46)47)55(43-23-14-38(8)15-24-43)45-27-18-40(19-28-45)35(3)4/h9-36H,1-8H3. The second-order valence-corrected chi connectivity index (χ2v) is 16.2. The summed E-state index contributed by atoms with van der Waals surface area (Å²) in [6, 6.07) is 57.2. The SMILES string of the molecule is Cc1ccc(N(c2ccc(C(C)C)cc2)c2cc3c4cccc(N(c5ccc(C)cc5)c5ccc(C(C)C)cc5)c4ccc3c3ccc(C(C)C)cc23)cc1. The summed E-state index contributed by atoms with van der Waals surface area (Å²) in [6.45, 7) is 17.9. The Balaban J connectivity index is 1.42. The molecule has 0 radical (unpaired) electrons. The predicted octanol–water partition coefficient (Wildman–Crippen LogP) is 16.1. The summed E-state index contributed by atoms with van der Waals surface area (Å²) in [4.78, 5) is 4.89. The molecule has 0 aromatic heterocycles. The van der Waals surface area contributed by atoms with Crippen LogP contribution in [0.4, 0.5) is 34.1 Å². The number of benzene rings is 8. The Bertz CT molecular complexity index is 2610. The lowest BCUT2D eigenvalue weighted by atomic mass is 9.91. The average molecular weight is 717 g/mol. The first-order chi connectivity index (χ1) is 26.6. The van der Waals surface area contributed by atoms with Gasteiger partial charge in [0, 0.05) is 33.5 Å². The van der Waals surface area contributed by atoms with Crippen molar-refractivity contribution in [2.45, 2.75) is 73.1 Å². The number of rotatable bonds is 9. The van der Waals surface area contributed by atoms with Crippen molar-refractivity contribution in [3.8, 4) is 0 Å². The molecule has 0 saturated heterocycles. The van der Waals surface area contributed by atoms with Crippen LogP contribution in [0, 0.1) is 13.8 Å². The summed E-state index contributed by atoms with van der Waals surface area (Å²) in [7, 11) is 0. The second-order valence-electron chi connectivity index (χ2n) is 16.2. The molecule has 0 aliphatic rings. The van der Waals surface area contributed by atoms with Crippen LogP contribution in [0.1, 0.15) is 87.1 Å². The van der Waals surface area contributed by atoms with Crippen molar-refractivity contribution in [2.75, 3.05) is 9.80 Å². The molecule has 8 rings (SSSR count). The van der Waals surface area contributed by atoms with Gasteiger partial charge in [-0.15, -0.1) is 0 Å². The van der Waals surface area contributed by atoms with Gasteiger partial charge in [-0.25, -0.2) is 0 Å². The zero-order chi connectivity index (χ0) is 38.4. The first-order valence-corrected chi connectivity index (χ1v) is 19.9. The van der Waals surface area contributed by atoms with E-state index in [0.29, 0.717) is 17.8 Å². The molecule has 8 aromatic rings. The largest absolute Gasteiger partial charge is 0.310 e. The minimum atomic E-state index is 0.410. The third kappa shape index (κ3) is 6.87. The Kier molecular flexibility index (Phi) is 9.70. The van der Waals surface area contributed by atoms with E-state index in [9.17, 15) is 0 Å². The van der Waals surface area contributed by atoms with Gasteiger partial charge >= 0.3 is 0 Å². The lowest BCUT2D eigenvalue weighted by Crippen LogP contribution is -2.11. The Morgan fingerprint density at radius 1 is 0.309 bits per heavy atom. The van der Waals surface area contributed by atoms with Gasteiger partial charge in [-0.3, -0.25) is 0 Å². The van der Waals surface area contributed by atoms with Crippen LogP contribution in [0.15, 0.2) is 152 Å². The van der Waals surface area contributed by atoms with E-state index in [4.69, 9.17) is 0 Å². The first kappa shape index (κ1) is 36.1.